The number of hydrogen-bond donors (Lipinski definition) is 2. The highest BCUT2D eigenvalue weighted by molar-refractivity contribution is 5.65. The second-order valence-corrected chi connectivity index (χ2v) is 4.28. The Kier molecular flexibility index (Phi) is 5.14. The van der Waals surface area contributed by atoms with Gasteiger partial charge in [-0.25, -0.2) is 0 Å². The second-order valence-electron chi connectivity index (χ2n) is 4.28. The molecule has 7 heteroatoms. The van der Waals surface area contributed by atoms with Crippen molar-refractivity contribution in [3.63, 3.8) is 0 Å². The van der Waals surface area contributed by atoms with E-state index in [4.69, 9.17) is 9.47 Å². The Balaban J connectivity index is 2.17. The summed E-state index contributed by atoms with van der Waals surface area (Å²) in [6, 6.07) is 5.50. The highest BCUT2D eigenvalue weighted by Gasteiger charge is 2.07. The molecular formula is C14H19N5O2. The molecule has 0 aliphatic heterocycles. The zero-order valence-corrected chi connectivity index (χ0v) is 12.4. The largest absolute Gasteiger partial charge is 0.497 e. The number of rotatable bonds is 7. The summed E-state index contributed by atoms with van der Waals surface area (Å²) in [5.41, 5.74) is 0.778. The fourth-order valence-electron chi connectivity index (χ4n) is 1.72. The second kappa shape index (κ2) is 7.28. The van der Waals surface area contributed by atoms with Gasteiger partial charge >= 0.3 is 0 Å². The Labute approximate surface area is 123 Å². The Morgan fingerprint density at radius 3 is 2.76 bits per heavy atom. The van der Waals surface area contributed by atoms with Crippen molar-refractivity contribution >= 4 is 17.5 Å². The van der Waals surface area contributed by atoms with Crippen molar-refractivity contribution in [2.24, 2.45) is 0 Å². The SMILES string of the molecule is CCCNc1nncc(Nc2ccc(OC)cc2OC)n1. The van der Waals surface area contributed by atoms with Gasteiger partial charge in [-0.1, -0.05) is 6.92 Å². The van der Waals surface area contributed by atoms with E-state index in [2.05, 4.69) is 32.7 Å². The molecule has 7 nitrogen and oxygen atoms in total. The number of hydrogen-bond acceptors (Lipinski definition) is 7. The maximum Gasteiger partial charge on any atom is 0.244 e. The molecule has 0 bridgehead atoms. The molecule has 0 aliphatic rings. The first-order valence-corrected chi connectivity index (χ1v) is 6.69. The Hall–Kier alpha value is -2.57. The molecule has 1 heterocycles. The monoisotopic (exact) mass is 289 g/mol. The summed E-state index contributed by atoms with van der Waals surface area (Å²) < 4.78 is 10.5. The summed E-state index contributed by atoms with van der Waals surface area (Å²) in [6.45, 7) is 2.88. The molecule has 1 aromatic heterocycles. The summed E-state index contributed by atoms with van der Waals surface area (Å²) in [5.74, 6) is 2.47. The molecule has 0 amide bonds. The van der Waals surface area contributed by atoms with E-state index in [-0.39, 0.29) is 0 Å². The fraction of sp³-hybridized carbons (Fsp3) is 0.357. The van der Waals surface area contributed by atoms with Crippen LogP contribution in [0.1, 0.15) is 13.3 Å². The minimum atomic E-state index is 0.495. The van der Waals surface area contributed by atoms with E-state index >= 15 is 0 Å². The van der Waals surface area contributed by atoms with Gasteiger partial charge in [-0.3, -0.25) is 0 Å². The minimum Gasteiger partial charge on any atom is -0.497 e. The van der Waals surface area contributed by atoms with Gasteiger partial charge in [0.25, 0.3) is 0 Å². The quantitative estimate of drug-likeness (QED) is 0.810. The molecule has 0 unspecified atom stereocenters. The van der Waals surface area contributed by atoms with Gasteiger partial charge in [0, 0.05) is 12.6 Å². The molecule has 0 fully saturated rings. The number of aromatic nitrogens is 3. The third-order valence-electron chi connectivity index (χ3n) is 2.76. The maximum absolute atomic E-state index is 5.33. The zero-order chi connectivity index (χ0) is 15.1. The first kappa shape index (κ1) is 14.8. The highest BCUT2D eigenvalue weighted by Crippen LogP contribution is 2.30. The molecule has 2 N–H and O–H groups in total. The Morgan fingerprint density at radius 2 is 2.05 bits per heavy atom. The molecule has 2 aromatic rings. The molecule has 21 heavy (non-hydrogen) atoms. The highest BCUT2D eigenvalue weighted by atomic mass is 16.5. The van der Waals surface area contributed by atoms with Gasteiger partial charge in [0.1, 0.15) is 11.5 Å². The summed E-state index contributed by atoms with van der Waals surface area (Å²) in [7, 11) is 3.22. The van der Waals surface area contributed by atoms with Crippen LogP contribution in [-0.4, -0.2) is 35.9 Å². The lowest BCUT2D eigenvalue weighted by Gasteiger charge is -2.12. The smallest absolute Gasteiger partial charge is 0.244 e. The average Bonchev–Trinajstić information content (AvgIpc) is 2.53. The lowest BCUT2D eigenvalue weighted by molar-refractivity contribution is 0.395. The van der Waals surface area contributed by atoms with Crippen LogP contribution in [0.15, 0.2) is 24.4 Å². The molecule has 0 saturated heterocycles. The normalized spacial score (nSPS) is 10.0. The van der Waals surface area contributed by atoms with Crippen LogP contribution in [0.4, 0.5) is 17.5 Å². The third-order valence-corrected chi connectivity index (χ3v) is 2.76. The molecule has 0 atom stereocenters. The molecule has 0 aliphatic carbocycles. The van der Waals surface area contributed by atoms with Gasteiger partial charge in [-0.2, -0.15) is 10.1 Å². The first-order chi connectivity index (χ1) is 10.3. The minimum absolute atomic E-state index is 0.495. The number of ether oxygens (including phenoxy) is 2. The van der Waals surface area contributed by atoms with Crippen molar-refractivity contribution in [1.82, 2.24) is 15.2 Å². The number of nitrogens with zero attached hydrogens (tertiary/aromatic N) is 3. The first-order valence-electron chi connectivity index (χ1n) is 6.69. The van der Waals surface area contributed by atoms with Crippen LogP contribution in [-0.2, 0) is 0 Å². The molecule has 2 rings (SSSR count). The Morgan fingerprint density at radius 1 is 1.19 bits per heavy atom. The van der Waals surface area contributed by atoms with Gasteiger partial charge in [0.05, 0.1) is 26.1 Å². The van der Waals surface area contributed by atoms with Crippen LogP contribution in [0.5, 0.6) is 11.5 Å². The third kappa shape index (κ3) is 3.95. The van der Waals surface area contributed by atoms with E-state index in [1.54, 1.807) is 26.5 Å². The van der Waals surface area contributed by atoms with Gasteiger partial charge < -0.3 is 20.1 Å². The predicted octanol–water partition coefficient (Wildman–Crippen LogP) is 2.45. The maximum atomic E-state index is 5.33. The lowest BCUT2D eigenvalue weighted by atomic mass is 10.2. The van der Waals surface area contributed by atoms with Crippen LogP contribution in [0.3, 0.4) is 0 Å². The van der Waals surface area contributed by atoms with E-state index in [1.807, 2.05) is 12.1 Å². The van der Waals surface area contributed by atoms with Gasteiger partial charge in [0.2, 0.25) is 5.95 Å². The summed E-state index contributed by atoms with van der Waals surface area (Å²) >= 11 is 0. The number of methoxy groups -OCH3 is 2. The van der Waals surface area contributed by atoms with Crippen LogP contribution < -0.4 is 20.1 Å². The van der Waals surface area contributed by atoms with Crippen LogP contribution in [0, 0.1) is 0 Å². The van der Waals surface area contributed by atoms with E-state index < -0.39 is 0 Å². The predicted molar refractivity (Wildman–Crippen MR) is 81.4 cm³/mol. The molecule has 0 spiro atoms. The van der Waals surface area contributed by atoms with Crippen LogP contribution >= 0.6 is 0 Å². The van der Waals surface area contributed by atoms with Crippen LogP contribution in [0.2, 0.25) is 0 Å². The molecule has 1 aromatic carbocycles. The summed E-state index contributed by atoms with van der Waals surface area (Å²) in [6.07, 6.45) is 2.55. The molecule has 112 valence electrons. The van der Waals surface area contributed by atoms with Crippen molar-refractivity contribution in [1.29, 1.82) is 0 Å². The molecular weight excluding hydrogens is 270 g/mol. The number of benzene rings is 1. The summed E-state index contributed by atoms with van der Waals surface area (Å²) in [4.78, 5) is 4.34. The van der Waals surface area contributed by atoms with E-state index in [0.29, 0.717) is 17.5 Å². The van der Waals surface area contributed by atoms with Crippen molar-refractivity contribution in [3.8, 4) is 11.5 Å². The van der Waals surface area contributed by atoms with Crippen LogP contribution in [0.25, 0.3) is 0 Å². The van der Waals surface area contributed by atoms with Crippen molar-refractivity contribution < 1.29 is 9.47 Å². The Bertz CT molecular complexity index is 591. The average molecular weight is 289 g/mol. The lowest BCUT2D eigenvalue weighted by Crippen LogP contribution is -2.07. The van der Waals surface area contributed by atoms with Gasteiger partial charge in [-0.05, 0) is 18.6 Å². The van der Waals surface area contributed by atoms with Crippen molar-refractivity contribution in [2.45, 2.75) is 13.3 Å². The van der Waals surface area contributed by atoms with E-state index in [1.165, 1.54) is 0 Å². The molecule has 0 radical (unpaired) electrons. The van der Waals surface area contributed by atoms with Gasteiger partial charge in [-0.15, -0.1) is 5.10 Å². The zero-order valence-electron chi connectivity index (χ0n) is 12.4. The van der Waals surface area contributed by atoms with Crippen molar-refractivity contribution in [3.05, 3.63) is 24.4 Å². The van der Waals surface area contributed by atoms with Crippen molar-refractivity contribution in [2.75, 3.05) is 31.4 Å². The summed E-state index contributed by atoms with van der Waals surface area (Å²) in [5, 5.41) is 14.1. The molecule has 0 saturated carbocycles. The van der Waals surface area contributed by atoms with Gasteiger partial charge in [0.15, 0.2) is 5.82 Å². The van der Waals surface area contributed by atoms with E-state index in [0.717, 1.165) is 24.4 Å². The number of anilines is 3. The standard InChI is InChI=1S/C14H19N5O2/c1-4-7-15-14-18-13(9-16-19-14)17-11-6-5-10(20-2)8-12(11)21-3/h5-6,8-9H,4,7H2,1-3H3,(H2,15,17,18,19). The van der Waals surface area contributed by atoms with E-state index in [9.17, 15) is 0 Å². The topological polar surface area (TPSA) is 81.2 Å². The number of nitrogens with one attached hydrogen (secondary N) is 2. The fourth-order valence-corrected chi connectivity index (χ4v) is 1.72.